The summed E-state index contributed by atoms with van der Waals surface area (Å²) in [6.45, 7) is 11.0. The fourth-order valence-corrected chi connectivity index (χ4v) is 5.02. The Morgan fingerprint density at radius 3 is 1.96 bits per heavy atom. The molecule has 28 heavy (non-hydrogen) atoms. The summed E-state index contributed by atoms with van der Waals surface area (Å²) < 4.78 is 5.65. The third-order valence-corrected chi connectivity index (χ3v) is 6.62. The van der Waals surface area contributed by atoms with E-state index in [4.69, 9.17) is 4.74 Å². The molecule has 0 aliphatic carbocycles. The molecule has 2 heterocycles. The summed E-state index contributed by atoms with van der Waals surface area (Å²) in [5.41, 5.74) is 3.09. The zero-order valence-corrected chi connectivity index (χ0v) is 17.4. The van der Waals surface area contributed by atoms with Gasteiger partial charge in [-0.15, -0.1) is 0 Å². The van der Waals surface area contributed by atoms with Gasteiger partial charge < -0.3 is 4.74 Å². The third kappa shape index (κ3) is 4.17. The molecule has 2 aliphatic heterocycles. The Morgan fingerprint density at radius 1 is 0.929 bits per heavy atom. The number of nitrogens with zero attached hydrogens (tertiary/aromatic N) is 2. The summed E-state index contributed by atoms with van der Waals surface area (Å²) in [6.07, 6.45) is 2.55. The minimum atomic E-state index is 0.304. The third-order valence-electron chi connectivity index (χ3n) is 6.62. The maximum Gasteiger partial charge on any atom is 0.0603 e. The first kappa shape index (κ1) is 19.6. The Bertz CT molecular complexity index is 679. The molecule has 150 valence electrons. The molecular formula is C25H34N2O. The summed E-state index contributed by atoms with van der Waals surface area (Å²) in [5, 5.41) is 0. The highest BCUT2D eigenvalue weighted by Gasteiger charge is 2.47. The Kier molecular flexibility index (Phi) is 6.15. The average Bonchev–Trinajstić information content (AvgIpc) is 2.73. The van der Waals surface area contributed by atoms with Crippen molar-refractivity contribution in [3.05, 3.63) is 71.8 Å². The van der Waals surface area contributed by atoms with E-state index in [9.17, 15) is 0 Å². The highest BCUT2D eigenvalue weighted by Crippen LogP contribution is 2.39. The van der Waals surface area contributed by atoms with Crippen LogP contribution in [-0.2, 0) is 4.74 Å². The molecule has 0 spiro atoms. The lowest BCUT2D eigenvalue weighted by atomic mass is 9.83. The summed E-state index contributed by atoms with van der Waals surface area (Å²) in [6, 6.07) is 22.3. The molecule has 2 aromatic rings. The lowest BCUT2D eigenvalue weighted by Gasteiger charge is -2.58. The summed E-state index contributed by atoms with van der Waals surface area (Å²) >= 11 is 0. The average molecular weight is 379 g/mol. The van der Waals surface area contributed by atoms with Crippen molar-refractivity contribution in [2.24, 2.45) is 5.92 Å². The molecule has 2 saturated heterocycles. The van der Waals surface area contributed by atoms with Gasteiger partial charge in [-0.2, -0.15) is 0 Å². The van der Waals surface area contributed by atoms with Crippen LogP contribution in [0.15, 0.2) is 60.7 Å². The van der Waals surface area contributed by atoms with Crippen LogP contribution in [0, 0.1) is 5.92 Å². The van der Waals surface area contributed by atoms with Crippen molar-refractivity contribution in [1.29, 1.82) is 0 Å². The molecule has 4 rings (SSSR count). The lowest BCUT2D eigenvalue weighted by molar-refractivity contribution is -0.0742. The van der Waals surface area contributed by atoms with Crippen molar-refractivity contribution in [2.45, 2.75) is 38.3 Å². The van der Waals surface area contributed by atoms with E-state index >= 15 is 0 Å². The number of likely N-dealkylation sites (tertiary alicyclic amines) is 2. The fraction of sp³-hybridized carbons (Fsp3) is 0.520. The Hall–Kier alpha value is -1.68. The van der Waals surface area contributed by atoms with Crippen LogP contribution < -0.4 is 0 Å². The van der Waals surface area contributed by atoms with Crippen molar-refractivity contribution < 1.29 is 4.74 Å². The number of piperidine rings is 1. The van der Waals surface area contributed by atoms with Gasteiger partial charge in [0.1, 0.15) is 0 Å². The van der Waals surface area contributed by atoms with Gasteiger partial charge in [-0.3, -0.25) is 9.80 Å². The normalized spacial score (nSPS) is 21.0. The summed E-state index contributed by atoms with van der Waals surface area (Å²) in [4.78, 5) is 5.38. The molecule has 2 aromatic carbocycles. The molecule has 3 heteroatoms. The highest BCUT2D eigenvalue weighted by atomic mass is 16.5. The zero-order chi connectivity index (χ0) is 19.4. The van der Waals surface area contributed by atoms with Crippen LogP contribution in [0.3, 0.4) is 0 Å². The van der Waals surface area contributed by atoms with Crippen molar-refractivity contribution >= 4 is 0 Å². The lowest BCUT2D eigenvalue weighted by Crippen LogP contribution is -2.70. The van der Waals surface area contributed by atoms with Crippen LogP contribution in [0.2, 0.25) is 0 Å². The van der Waals surface area contributed by atoms with Crippen LogP contribution >= 0.6 is 0 Å². The molecular weight excluding hydrogens is 344 g/mol. The predicted molar refractivity (Wildman–Crippen MR) is 115 cm³/mol. The van der Waals surface area contributed by atoms with E-state index in [2.05, 4.69) is 84.3 Å². The minimum Gasteiger partial charge on any atom is -0.381 e. The monoisotopic (exact) mass is 378 g/mol. The Morgan fingerprint density at radius 2 is 1.46 bits per heavy atom. The first-order valence-corrected chi connectivity index (χ1v) is 10.9. The number of rotatable bonds is 7. The van der Waals surface area contributed by atoms with Gasteiger partial charge in [-0.25, -0.2) is 0 Å². The van der Waals surface area contributed by atoms with Crippen LogP contribution in [0.1, 0.15) is 43.9 Å². The fourth-order valence-electron chi connectivity index (χ4n) is 5.02. The first-order valence-electron chi connectivity index (χ1n) is 10.9. The van der Waals surface area contributed by atoms with E-state index in [1.165, 1.54) is 37.1 Å². The van der Waals surface area contributed by atoms with Gasteiger partial charge in [0, 0.05) is 31.8 Å². The molecule has 0 radical (unpaired) electrons. The molecule has 0 N–H and O–H groups in total. The molecule has 2 aliphatic rings. The first-order chi connectivity index (χ1) is 13.7. The van der Waals surface area contributed by atoms with Gasteiger partial charge in [0.25, 0.3) is 0 Å². The van der Waals surface area contributed by atoms with Crippen LogP contribution in [0.4, 0.5) is 0 Å². The second kappa shape index (κ2) is 8.77. The van der Waals surface area contributed by atoms with E-state index in [0.717, 1.165) is 32.2 Å². The van der Waals surface area contributed by atoms with Gasteiger partial charge in [-0.1, -0.05) is 60.7 Å². The smallest absolute Gasteiger partial charge is 0.0603 e. The van der Waals surface area contributed by atoms with Gasteiger partial charge in [0.05, 0.1) is 6.04 Å². The number of hydrogen-bond acceptors (Lipinski definition) is 3. The van der Waals surface area contributed by atoms with E-state index in [1.807, 2.05) is 0 Å². The number of ether oxygens (including phenoxy) is 1. The maximum absolute atomic E-state index is 5.65. The van der Waals surface area contributed by atoms with Crippen molar-refractivity contribution in [2.75, 3.05) is 39.4 Å². The standard InChI is InChI=1S/C25H34N2O/c1-3-28-18-21-14-16-27(17-15-21)25(2)19-26(20-25)24(22-10-6-4-7-11-22)23-12-8-5-9-13-23/h4-13,21,24H,3,14-20H2,1-2H3. The molecule has 0 unspecified atom stereocenters. The number of hydrogen-bond donors (Lipinski definition) is 0. The van der Waals surface area contributed by atoms with Gasteiger partial charge in [-0.05, 0) is 56.8 Å². The molecule has 0 bridgehead atoms. The molecule has 2 fully saturated rings. The van der Waals surface area contributed by atoms with Crippen molar-refractivity contribution in [1.82, 2.24) is 9.80 Å². The van der Waals surface area contributed by atoms with Crippen LogP contribution in [-0.4, -0.2) is 54.7 Å². The van der Waals surface area contributed by atoms with Crippen LogP contribution in [0.5, 0.6) is 0 Å². The van der Waals surface area contributed by atoms with Gasteiger partial charge in [0.2, 0.25) is 0 Å². The Labute approximate surface area is 170 Å². The molecule has 0 amide bonds. The SMILES string of the molecule is CCOCC1CCN(C2(C)CN(C(c3ccccc3)c3ccccc3)C2)CC1. The van der Waals surface area contributed by atoms with Gasteiger partial charge in [0.15, 0.2) is 0 Å². The van der Waals surface area contributed by atoms with Crippen LogP contribution in [0.25, 0.3) is 0 Å². The second-order valence-corrected chi connectivity index (χ2v) is 8.72. The van der Waals surface area contributed by atoms with E-state index in [-0.39, 0.29) is 0 Å². The summed E-state index contributed by atoms with van der Waals surface area (Å²) in [5.74, 6) is 0.748. The molecule has 0 aromatic heterocycles. The topological polar surface area (TPSA) is 15.7 Å². The van der Waals surface area contributed by atoms with E-state index in [1.54, 1.807) is 0 Å². The maximum atomic E-state index is 5.65. The number of benzene rings is 2. The summed E-state index contributed by atoms with van der Waals surface area (Å²) in [7, 11) is 0. The second-order valence-electron chi connectivity index (χ2n) is 8.72. The van der Waals surface area contributed by atoms with Gasteiger partial charge >= 0.3 is 0 Å². The quantitative estimate of drug-likeness (QED) is 0.700. The zero-order valence-electron chi connectivity index (χ0n) is 17.4. The van der Waals surface area contributed by atoms with E-state index < -0.39 is 0 Å². The largest absolute Gasteiger partial charge is 0.381 e. The Balaban J connectivity index is 1.42. The van der Waals surface area contributed by atoms with Crippen molar-refractivity contribution in [3.63, 3.8) is 0 Å². The molecule has 3 nitrogen and oxygen atoms in total. The van der Waals surface area contributed by atoms with E-state index in [0.29, 0.717) is 11.6 Å². The minimum absolute atomic E-state index is 0.304. The molecule has 0 atom stereocenters. The van der Waals surface area contributed by atoms with Crippen molar-refractivity contribution in [3.8, 4) is 0 Å². The predicted octanol–water partition coefficient (Wildman–Crippen LogP) is 4.60. The molecule has 0 saturated carbocycles. The highest BCUT2D eigenvalue weighted by molar-refractivity contribution is 5.33.